The lowest BCUT2D eigenvalue weighted by Gasteiger charge is -1.98. The third-order valence-electron chi connectivity index (χ3n) is 1.97. The molecule has 0 unspecified atom stereocenters. The lowest BCUT2D eigenvalue weighted by atomic mass is 10.1. The molecular formula is C10H17N2+. The maximum atomic E-state index is 3.72. The zero-order valence-electron chi connectivity index (χ0n) is 7.88. The summed E-state index contributed by atoms with van der Waals surface area (Å²) in [5.74, 6) is 0. The van der Waals surface area contributed by atoms with Crippen LogP contribution >= 0.6 is 0 Å². The Morgan fingerprint density at radius 3 is 2.83 bits per heavy atom. The molecule has 2 heteroatoms. The van der Waals surface area contributed by atoms with Crippen molar-refractivity contribution >= 4 is 0 Å². The van der Waals surface area contributed by atoms with Crippen LogP contribution in [0.1, 0.15) is 11.3 Å². The highest BCUT2D eigenvalue weighted by Gasteiger charge is 2.03. The van der Waals surface area contributed by atoms with E-state index in [-0.39, 0.29) is 6.15 Å². The van der Waals surface area contributed by atoms with Crippen molar-refractivity contribution in [1.82, 2.24) is 6.15 Å². The van der Waals surface area contributed by atoms with E-state index in [1.54, 1.807) is 0 Å². The molecule has 0 bridgehead atoms. The molecule has 1 aromatic rings. The van der Waals surface area contributed by atoms with Crippen LogP contribution in [0.3, 0.4) is 0 Å². The van der Waals surface area contributed by atoms with Crippen LogP contribution in [-0.2, 0) is 13.5 Å². The molecule has 12 heavy (non-hydrogen) atoms. The Labute approximate surface area is 74.1 Å². The number of pyridine rings is 1. The quantitative estimate of drug-likeness (QED) is 0.526. The van der Waals surface area contributed by atoms with Gasteiger partial charge < -0.3 is 6.15 Å². The number of nitrogens with zero attached hydrogens (tertiary/aromatic N) is 1. The van der Waals surface area contributed by atoms with Gasteiger partial charge in [-0.3, -0.25) is 0 Å². The van der Waals surface area contributed by atoms with Crippen molar-refractivity contribution < 1.29 is 4.57 Å². The maximum Gasteiger partial charge on any atom is 0.181 e. The summed E-state index contributed by atoms with van der Waals surface area (Å²) in [4.78, 5) is 0. The van der Waals surface area contributed by atoms with Crippen LogP contribution in [0.2, 0.25) is 0 Å². The molecule has 0 saturated carbocycles. The number of hydrogen-bond donors (Lipinski definition) is 1. The normalized spacial score (nSPS) is 8.83. The smallest absolute Gasteiger partial charge is 0.181 e. The topological polar surface area (TPSA) is 38.9 Å². The highest BCUT2D eigenvalue weighted by molar-refractivity contribution is 5.16. The van der Waals surface area contributed by atoms with Crippen molar-refractivity contribution in [3.05, 3.63) is 42.2 Å². The van der Waals surface area contributed by atoms with E-state index in [0.29, 0.717) is 0 Å². The standard InChI is InChI=1S/C10H14N.H3N/c1-4-6-10-7-5-8-11(3)9(10)2;/h4-5,7-8H,1,6H2,2-3H3;1H3/q+1;. The molecule has 66 valence electrons. The summed E-state index contributed by atoms with van der Waals surface area (Å²) in [7, 11) is 2.06. The van der Waals surface area contributed by atoms with Crippen LogP contribution in [0.4, 0.5) is 0 Å². The van der Waals surface area contributed by atoms with Crippen molar-refractivity contribution in [2.24, 2.45) is 7.05 Å². The predicted octanol–water partition coefficient (Wildman–Crippen LogP) is 1.71. The fraction of sp³-hybridized carbons (Fsp3) is 0.300. The van der Waals surface area contributed by atoms with Crippen molar-refractivity contribution in [2.45, 2.75) is 13.3 Å². The zero-order valence-corrected chi connectivity index (χ0v) is 7.88. The molecule has 0 aliphatic heterocycles. The molecule has 2 nitrogen and oxygen atoms in total. The summed E-state index contributed by atoms with van der Waals surface area (Å²) in [6.45, 7) is 5.84. The third-order valence-corrected chi connectivity index (χ3v) is 1.97. The van der Waals surface area contributed by atoms with Gasteiger partial charge in [-0.25, -0.2) is 4.57 Å². The molecule has 0 spiro atoms. The second-order valence-electron chi connectivity index (χ2n) is 2.72. The fourth-order valence-corrected chi connectivity index (χ4v) is 1.12. The van der Waals surface area contributed by atoms with Gasteiger partial charge in [-0.15, -0.1) is 6.58 Å². The molecule has 0 aliphatic carbocycles. The molecule has 0 amide bonds. The largest absolute Gasteiger partial charge is 0.344 e. The van der Waals surface area contributed by atoms with Gasteiger partial charge in [0.15, 0.2) is 11.9 Å². The summed E-state index contributed by atoms with van der Waals surface area (Å²) >= 11 is 0. The summed E-state index contributed by atoms with van der Waals surface area (Å²) in [5.41, 5.74) is 2.66. The van der Waals surface area contributed by atoms with E-state index in [1.165, 1.54) is 11.3 Å². The monoisotopic (exact) mass is 165 g/mol. The van der Waals surface area contributed by atoms with E-state index in [0.717, 1.165) is 6.42 Å². The summed E-state index contributed by atoms with van der Waals surface area (Å²) in [6.07, 6.45) is 4.95. The fourth-order valence-electron chi connectivity index (χ4n) is 1.12. The maximum absolute atomic E-state index is 3.72. The second kappa shape index (κ2) is 4.67. The zero-order chi connectivity index (χ0) is 8.27. The molecule has 0 fully saturated rings. The predicted molar refractivity (Wildman–Crippen MR) is 51.3 cm³/mol. The number of aryl methyl sites for hydroxylation is 1. The lowest BCUT2D eigenvalue weighted by molar-refractivity contribution is -0.678. The number of allylic oxidation sites excluding steroid dienone is 1. The first-order chi connectivity index (χ1) is 5.25. The van der Waals surface area contributed by atoms with Gasteiger partial charge in [-0.05, 0) is 12.5 Å². The van der Waals surface area contributed by atoms with E-state index in [2.05, 4.69) is 43.4 Å². The molecule has 0 atom stereocenters. The molecule has 0 aliphatic rings. The molecule has 3 N–H and O–H groups in total. The summed E-state index contributed by atoms with van der Waals surface area (Å²) in [5, 5.41) is 0. The van der Waals surface area contributed by atoms with Gasteiger partial charge in [0, 0.05) is 18.6 Å². The Kier molecular flexibility index (Phi) is 4.22. The van der Waals surface area contributed by atoms with Crippen molar-refractivity contribution in [3.8, 4) is 0 Å². The van der Waals surface area contributed by atoms with E-state index in [1.807, 2.05) is 6.08 Å². The Balaban J connectivity index is 0.00000121. The molecule has 0 radical (unpaired) electrons. The molecule has 1 aromatic heterocycles. The van der Waals surface area contributed by atoms with Crippen LogP contribution in [0, 0.1) is 6.92 Å². The summed E-state index contributed by atoms with van der Waals surface area (Å²) in [6, 6.07) is 4.20. The van der Waals surface area contributed by atoms with E-state index in [9.17, 15) is 0 Å². The molecule has 1 heterocycles. The first-order valence-electron chi connectivity index (χ1n) is 3.80. The Morgan fingerprint density at radius 2 is 2.25 bits per heavy atom. The Morgan fingerprint density at radius 1 is 1.58 bits per heavy atom. The van der Waals surface area contributed by atoms with Gasteiger partial charge >= 0.3 is 0 Å². The highest BCUT2D eigenvalue weighted by Crippen LogP contribution is 2.02. The van der Waals surface area contributed by atoms with Crippen LogP contribution in [0.25, 0.3) is 0 Å². The average molecular weight is 165 g/mol. The van der Waals surface area contributed by atoms with Crippen molar-refractivity contribution in [1.29, 1.82) is 0 Å². The van der Waals surface area contributed by atoms with E-state index in [4.69, 9.17) is 0 Å². The van der Waals surface area contributed by atoms with E-state index < -0.39 is 0 Å². The van der Waals surface area contributed by atoms with Crippen molar-refractivity contribution in [3.63, 3.8) is 0 Å². The van der Waals surface area contributed by atoms with Crippen LogP contribution in [0.5, 0.6) is 0 Å². The molecular weight excluding hydrogens is 148 g/mol. The van der Waals surface area contributed by atoms with Gasteiger partial charge in [0.2, 0.25) is 0 Å². The van der Waals surface area contributed by atoms with Gasteiger partial charge in [-0.2, -0.15) is 0 Å². The number of rotatable bonds is 2. The van der Waals surface area contributed by atoms with Crippen LogP contribution in [-0.4, -0.2) is 0 Å². The van der Waals surface area contributed by atoms with Gasteiger partial charge in [-0.1, -0.05) is 6.08 Å². The van der Waals surface area contributed by atoms with Crippen LogP contribution < -0.4 is 10.7 Å². The Bertz CT molecular complexity index is 267. The number of hydrogen-bond acceptors (Lipinski definition) is 1. The van der Waals surface area contributed by atoms with Gasteiger partial charge in [0.05, 0.1) is 0 Å². The van der Waals surface area contributed by atoms with E-state index >= 15 is 0 Å². The first kappa shape index (κ1) is 10.8. The SMILES string of the molecule is C=CCc1ccc[n+](C)c1C.N. The minimum Gasteiger partial charge on any atom is -0.344 e. The van der Waals surface area contributed by atoms with Gasteiger partial charge in [0.25, 0.3) is 0 Å². The number of aromatic nitrogens is 1. The molecule has 1 rings (SSSR count). The first-order valence-corrected chi connectivity index (χ1v) is 3.80. The molecule has 0 aromatic carbocycles. The van der Waals surface area contributed by atoms with Crippen molar-refractivity contribution in [2.75, 3.05) is 0 Å². The highest BCUT2D eigenvalue weighted by atomic mass is 14.9. The third kappa shape index (κ3) is 2.17. The minimum atomic E-state index is 0. The van der Waals surface area contributed by atoms with Gasteiger partial charge in [0.1, 0.15) is 7.05 Å². The minimum absolute atomic E-state index is 0. The summed E-state index contributed by atoms with van der Waals surface area (Å²) < 4.78 is 2.12. The average Bonchev–Trinajstić information content (AvgIpc) is 1.99. The second-order valence-corrected chi connectivity index (χ2v) is 2.72. The lowest BCUT2D eigenvalue weighted by Crippen LogP contribution is -2.32. The van der Waals surface area contributed by atoms with Crippen LogP contribution in [0.15, 0.2) is 31.0 Å². The Hall–Kier alpha value is -1.15. The molecule has 0 saturated heterocycles.